The fourth-order valence-corrected chi connectivity index (χ4v) is 15.6. The van der Waals surface area contributed by atoms with Gasteiger partial charge in [-0.25, -0.2) is 0 Å². The van der Waals surface area contributed by atoms with E-state index in [0.717, 1.165) is 0 Å². The normalized spacial score (nSPS) is 13.5. The molecule has 2 rings (SSSR count). The molecule has 0 amide bonds. The van der Waals surface area contributed by atoms with Crippen LogP contribution in [-0.4, -0.2) is 29.3 Å². The van der Waals surface area contributed by atoms with E-state index in [9.17, 15) is 0 Å². The van der Waals surface area contributed by atoms with Gasteiger partial charge < -0.3 is 0 Å². The van der Waals surface area contributed by atoms with E-state index in [1.54, 1.807) is 21.2 Å². The first kappa shape index (κ1) is 31.9. The summed E-state index contributed by atoms with van der Waals surface area (Å²) in [5.74, 6) is 1.04. The number of hydrogen-bond acceptors (Lipinski definition) is 0. The van der Waals surface area contributed by atoms with E-state index in [4.69, 9.17) is 13.3 Å². The molecule has 2 aromatic carbocycles. The Bertz CT molecular complexity index is 916. The van der Waals surface area contributed by atoms with Crippen molar-refractivity contribution in [3.05, 3.63) is 60.9 Å². The molecule has 0 radical (unpaired) electrons. The van der Waals surface area contributed by atoms with E-state index in [1.807, 2.05) is 0 Å². The molecular formula is C33H55P3. The SMILES string of the molecule is [CH2-][P+](c1ccc(C(C)C)cc1P(C)c1cc(C(C)C)ccc1[P+]([CH2-])(C(C)C)C(C)C)(C(C)C)C(C)C. The van der Waals surface area contributed by atoms with Crippen LogP contribution in [0.25, 0.3) is 0 Å². The molecule has 2 aromatic rings. The summed E-state index contributed by atoms with van der Waals surface area (Å²) in [5.41, 5.74) is 5.17. The Morgan fingerprint density at radius 2 is 0.806 bits per heavy atom. The van der Waals surface area contributed by atoms with E-state index >= 15 is 0 Å². The van der Waals surface area contributed by atoms with Crippen molar-refractivity contribution in [2.24, 2.45) is 0 Å². The average molecular weight is 545 g/mol. The van der Waals surface area contributed by atoms with Crippen molar-refractivity contribution in [3.63, 3.8) is 0 Å². The van der Waals surface area contributed by atoms with Crippen LogP contribution < -0.4 is 21.2 Å². The highest BCUT2D eigenvalue weighted by molar-refractivity contribution is 7.89. The molecule has 3 heteroatoms. The number of rotatable bonds is 10. The summed E-state index contributed by atoms with van der Waals surface area (Å²) < 4.78 is 0. The van der Waals surface area contributed by atoms with Crippen molar-refractivity contribution in [2.75, 3.05) is 6.66 Å². The number of hydrogen-bond donors (Lipinski definition) is 0. The van der Waals surface area contributed by atoms with Gasteiger partial charge in [0, 0.05) is 33.2 Å². The van der Waals surface area contributed by atoms with Gasteiger partial charge in [0.1, 0.15) is 0 Å². The van der Waals surface area contributed by atoms with Gasteiger partial charge in [0.25, 0.3) is 0 Å². The van der Waals surface area contributed by atoms with Crippen molar-refractivity contribution < 1.29 is 0 Å². The molecule has 0 N–H and O–H groups in total. The zero-order valence-electron chi connectivity index (χ0n) is 25.7. The van der Waals surface area contributed by atoms with Gasteiger partial charge in [0.2, 0.25) is 0 Å². The Morgan fingerprint density at radius 1 is 0.528 bits per heavy atom. The van der Waals surface area contributed by atoms with Gasteiger partial charge in [0.15, 0.2) is 0 Å². The van der Waals surface area contributed by atoms with Crippen LogP contribution in [0.3, 0.4) is 0 Å². The molecule has 0 nitrogen and oxygen atoms in total. The Kier molecular flexibility index (Phi) is 10.9. The lowest BCUT2D eigenvalue weighted by Crippen LogP contribution is -2.39. The predicted octanol–water partition coefficient (Wildman–Crippen LogP) is 9.50. The second-order valence-electron chi connectivity index (χ2n) is 12.6. The van der Waals surface area contributed by atoms with Crippen molar-refractivity contribution in [3.8, 4) is 0 Å². The van der Waals surface area contributed by atoms with Crippen LogP contribution in [-0.2, 0) is 0 Å². The van der Waals surface area contributed by atoms with Crippen LogP contribution >= 0.6 is 22.4 Å². The van der Waals surface area contributed by atoms with Crippen LogP contribution in [0, 0.1) is 13.3 Å². The summed E-state index contributed by atoms with van der Waals surface area (Å²) in [6.07, 6.45) is 0. The second kappa shape index (κ2) is 12.3. The van der Waals surface area contributed by atoms with Crippen LogP contribution in [0.4, 0.5) is 0 Å². The number of benzene rings is 2. The van der Waals surface area contributed by atoms with Crippen LogP contribution in [0.15, 0.2) is 36.4 Å². The molecule has 36 heavy (non-hydrogen) atoms. The van der Waals surface area contributed by atoms with Crippen LogP contribution in [0.1, 0.15) is 106 Å². The van der Waals surface area contributed by atoms with E-state index in [0.29, 0.717) is 34.5 Å². The average Bonchev–Trinajstić information content (AvgIpc) is 2.80. The van der Waals surface area contributed by atoms with Crippen molar-refractivity contribution in [1.29, 1.82) is 0 Å². The molecule has 0 fully saturated rings. The molecule has 0 unspecified atom stereocenters. The summed E-state index contributed by atoms with van der Waals surface area (Å²) in [6.45, 7) is 41.1. The minimum absolute atomic E-state index is 0.518. The molecule has 0 aliphatic carbocycles. The zero-order chi connectivity index (χ0) is 27.7. The smallest absolute Gasteiger partial charge is 0.0730 e. The van der Waals surface area contributed by atoms with Gasteiger partial charge in [-0.2, -0.15) is 13.3 Å². The maximum atomic E-state index is 5.04. The maximum Gasteiger partial charge on any atom is 0.0730 e. The molecule has 0 spiro atoms. The third-order valence-electron chi connectivity index (χ3n) is 8.64. The van der Waals surface area contributed by atoms with Crippen molar-refractivity contribution in [2.45, 2.75) is 118 Å². The summed E-state index contributed by atoms with van der Waals surface area (Å²) in [5, 5.41) is 6.27. The van der Waals surface area contributed by atoms with E-state index in [2.05, 4.69) is 126 Å². The first-order valence-corrected chi connectivity index (χ1v) is 20.0. The molecular weight excluding hydrogens is 489 g/mol. The summed E-state index contributed by atoms with van der Waals surface area (Å²) in [6, 6.07) is 14.9. The lowest BCUT2D eigenvalue weighted by molar-refractivity contribution is 0.868. The standard InChI is InChI=1S/C33H55P3/c1-22(2)28-16-18-32(35(14,24(5)6)25(7)8)30(20-28)34(13)31-21-29(23(3)4)17-19-33(31)36(15,26(9)10)27(11)12/h16-27H,14-15H2,1-13H3. The first-order valence-electron chi connectivity index (χ1n) is 14.0. The molecule has 0 heterocycles. The highest BCUT2D eigenvalue weighted by Crippen LogP contribution is 2.66. The summed E-state index contributed by atoms with van der Waals surface area (Å²) in [4.78, 5) is 0. The minimum Gasteiger partial charge on any atom is -0.174 e. The van der Waals surface area contributed by atoms with Crippen LogP contribution in [0.2, 0.25) is 0 Å². The lowest BCUT2D eigenvalue weighted by Gasteiger charge is -2.42. The van der Waals surface area contributed by atoms with Gasteiger partial charge >= 0.3 is 0 Å². The molecule has 202 valence electrons. The highest BCUT2D eigenvalue weighted by Gasteiger charge is 2.41. The molecule has 0 aromatic heterocycles. The van der Waals surface area contributed by atoms with Crippen molar-refractivity contribution in [1.82, 2.24) is 0 Å². The van der Waals surface area contributed by atoms with Gasteiger partial charge in [-0.3, -0.25) is 0 Å². The predicted molar refractivity (Wildman–Crippen MR) is 178 cm³/mol. The molecule has 0 aliphatic heterocycles. The Morgan fingerprint density at radius 3 is 1.03 bits per heavy atom. The monoisotopic (exact) mass is 544 g/mol. The Hall–Kier alpha value is -0.270. The van der Waals surface area contributed by atoms with Gasteiger partial charge in [-0.15, -0.1) is 0 Å². The maximum absolute atomic E-state index is 5.04. The minimum atomic E-state index is -1.59. The fraction of sp³-hybridized carbons (Fsp3) is 0.576. The molecule has 0 atom stereocenters. The van der Waals surface area contributed by atoms with Crippen molar-refractivity contribution >= 4 is 43.7 Å². The molecule has 0 saturated heterocycles. The fourth-order valence-electron chi connectivity index (χ4n) is 5.48. The highest BCUT2D eigenvalue weighted by atomic mass is 31.2. The third kappa shape index (κ3) is 5.98. The zero-order valence-corrected chi connectivity index (χ0v) is 28.4. The van der Waals surface area contributed by atoms with Gasteiger partial charge in [-0.1, -0.05) is 54.4 Å². The molecule has 0 bridgehead atoms. The van der Waals surface area contributed by atoms with E-state index < -0.39 is 22.4 Å². The third-order valence-corrected chi connectivity index (χ3v) is 21.1. The molecule has 0 aliphatic rings. The quantitative estimate of drug-likeness (QED) is 0.206. The lowest BCUT2D eigenvalue weighted by atomic mass is 10.0. The summed E-state index contributed by atoms with van der Waals surface area (Å²) in [7, 11) is -3.73. The first-order chi connectivity index (χ1) is 16.5. The molecule has 0 saturated carbocycles. The van der Waals surface area contributed by atoms with Gasteiger partial charge in [-0.05, 0) is 117 Å². The van der Waals surface area contributed by atoms with E-state index in [-0.39, 0.29) is 0 Å². The summed E-state index contributed by atoms with van der Waals surface area (Å²) >= 11 is 0. The second-order valence-corrected chi connectivity index (χ2v) is 23.5. The largest absolute Gasteiger partial charge is 0.174 e. The van der Waals surface area contributed by atoms with Gasteiger partial charge in [0.05, 0.1) is 10.6 Å². The van der Waals surface area contributed by atoms with E-state index in [1.165, 1.54) is 11.1 Å². The Labute approximate surface area is 228 Å². The van der Waals surface area contributed by atoms with Crippen LogP contribution in [0.5, 0.6) is 0 Å². The Balaban J connectivity index is 2.97. The topological polar surface area (TPSA) is 0 Å².